The number of methoxy groups -OCH3 is 1. The van der Waals surface area contributed by atoms with Gasteiger partial charge in [0.05, 0.1) is 33.0 Å². The molecule has 0 saturated carbocycles. The SMILES string of the molecule is COc1ccc(C(=O)NCCS(=O)(=O)N(C)C2CC[NH+](C)CC2)cc1. The average Bonchev–Trinajstić information content (AvgIpc) is 2.61. The Balaban J connectivity index is 1.83. The molecule has 1 aromatic rings. The van der Waals surface area contributed by atoms with Crippen molar-refractivity contribution in [2.45, 2.75) is 18.9 Å². The lowest BCUT2D eigenvalue weighted by Gasteiger charge is -2.32. The number of carbonyl (C=O) groups excluding carboxylic acids is 1. The van der Waals surface area contributed by atoms with E-state index in [9.17, 15) is 13.2 Å². The number of piperidine rings is 1. The molecule has 2 rings (SSSR count). The van der Waals surface area contributed by atoms with Crippen LogP contribution in [0.4, 0.5) is 0 Å². The highest BCUT2D eigenvalue weighted by Crippen LogP contribution is 2.13. The van der Waals surface area contributed by atoms with E-state index in [1.165, 1.54) is 9.21 Å². The van der Waals surface area contributed by atoms with Crippen LogP contribution in [0, 0.1) is 0 Å². The zero-order valence-electron chi connectivity index (χ0n) is 15.1. The summed E-state index contributed by atoms with van der Waals surface area (Å²) in [6, 6.07) is 6.75. The Kier molecular flexibility index (Phi) is 6.80. The first-order valence-electron chi connectivity index (χ1n) is 8.53. The van der Waals surface area contributed by atoms with Crippen molar-refractivity contribution in [2.24, 2.45) is 0 Å². The van der Waals surface area contributed by atoms with Gasteiger partial charge in [-0.2, -0.15) is 0 Å². The maximum Gasteiger partial charge on any atom is 0.251 e. The number of ether oxygens (including phenoxy) is 1. The molecule has 0 bridgehead atoms. The minimum Gasteiger partial charge on any atom is -0.497 e. The molecule has 1 amide bonds. The highest BCUT2D eigenvalue weighted by molar-refractivity contribution is 7.89. The lowest BCUT2D eigenvalue weighted by molar-refractivity contribution is -0.885. The van der Waals surface area contributed by atoms with E-state index in [2.05, 4.69) is 12.4 Å². The van der Waals surface area contributed by atoms with Gasteiger partial charge in [-0.15, -0.1) is 0 Å². The standard InChI is InChI=1S/C17H27N3O4S/c1-19-11-8-15(9-12-19)20(2)25(22,23)13-10-18-17(21)14-4-6-16(24-3)7-5-14/h4-7,15H,8-13H2,1-3H3,(H,18,21)/p+1. The number of nitrogens with zero attached hydrogens (tertiary/aromatic N) is 1. The van der Waals surface area contributed by atoms with Crippen molar-refractivity contribution in [1.82, 2.24) is 9.62 Å². The molecule has 0 spiro atoms. The van der Waals surface area contributed by atoms with Gasteiger partial charge in [0.2, 0.25) is 10.0 Å². The molecule has 1 saturated heterocycles. The number of rotatable bonds is 7. The van der Waals surface area contributed by atoms with Gasteiger partial charge in [0, 0.05) is 38.0 Å². The van der Waals surface area contributed by atoms with Gasteiger partial charge < -0.3 is 15.0 Å². The summed E-state index contributed by atoms with van der Waals surface area (Å²) in [6.45, 7) is 2.06. The Labute approximate surface area is 150 Å². The van der Waals surface area contributed by atoms with Crippen molar-refractivity contribution < 1.29 is 22.8 Å². The summed E-state index contributed by atoms with van der Waals surface area (Å²) in [5.74, 6) is 0.286. The number of quaternary nitrogens is 1. The van der Waals surface area contributed by atoms with Crippen molar-refractivity contribution >= 4 is 15.9 Å². The number of carbonyl (C=O) groups is 1. The van der Waals surface area contributed by atoms with Gasteiger partial charge in [-0.3, -0.25) is 4.79 Å². The lowest BCUT2D eigenvalue weighted by Crippen LogP contribution is -3.10. The Bertz CT molecular complexity index is 668. The zero-order chi connectivity index (χ0) is 18.4. The third kappa shape index (κ3) is 5.42. The van der Waals surface area contributed by atoms with Crippen LogP contribution in [0.1, 0.15) is 23.2 Å². The van der Waals surface area contributed by atoms with Crippen molar-refractivity contribution in [3.63, 3.8) is 0 Å². The van der Waals surface area contributed by atoms with E-state index in [1.807, 2.05) is 0 Å². The summed E-state index contributed by atoms with van der Waals surface area (Å²) in [6.07, 6.45) is 1.75. The van der Waals surface area contributed by atoms with Crippen molar-refractivity contribution in [3.8, 4) is 5.75 Å². The van der Waals surface area contributed by atoms with Crippen LogP contribution in [0.2, 0.25) is 0 Å². The Hall–Kier alpha value is -1.64. The summed E-state index contributed by atoms with van der Waals surface area (Å²) in [5.41, 5.74) is 0.477. The topological polar surface area (TPSA) is 80.1 Å². The average molecular weight is 370 g/mol. The van der Waals surface area contributed by atoms with Crippen LogP contribution in [-0.2, 0) is 10.0 Å². The van der Waals surface area contributed by atoms with Crippen molar-refractivity contribution in [3.05, 3.63) is 29.8 Å². The molecule has 0 aromatic heterocycles. The number of sulfonamides is 1. The molecule has 2 N–H and O–H groups in total. The number of benzene rings is 1. The fourth-order valence-electron chi connectivity index (χ4n) is 2.97. The molecular formula is C17H28N3O4S+. The molecule has 140 valence electrons. The molecule has 0 radical (unpaired) electrons. The van der Waals surface area contributed by atoms with Crippen LogP contribution in [0.3, 0.4) is 0 Å². The summed E-state index contributed by atoms with van der Waals surface area (Å²) < 4.78 is 31.5. The molecule has 0 aliphatic carbocycles. The summed E-state index contributed by atoms with van der Waals surface area (Å²) in [5, 5.41) is 2.67. The van der Waals surface area contributed by atoms with E-state index < -0.39 is 10.0 Å². The van der Waals surface area contributed by atoms with Crippen LogP contribution >= 0.6 is 0 Å². The van der Waals surface area contributed by atoms with E-state index in [4.69, 9.17) is 4.74 Å². The van der Waals surface area contributed by atoms with Crippen molar-refractivity contribution in [2.75, 3.05) is 46.6 Å². The third-order valence-electron chi connectivity index (χ3n) is 4.76. The molecule has 1 heterocycles. The molecule has 8 heteroatoms. The van der Waals surface area contributed by atoms with Crippen LogP contribution in [0.25, 0.3) is 0 Å². The third-order valence-corrected chi connectivity index (χ3v) is 6.66. The molecule has 1 aromatic carbocycles. The minimum atomic E-state index is -3.38. The largest absolute Gasteiger partial charge is 0.497 e. The molecule has 0 atom stereocenters. The van der Waals surface area contributed by atoms with Gasteiger partial charge in [0.15, 0.2) is 0 Å². The zero-order valence-corrected chi connectivity index (χ0v) is 15.9. The summed E-state index contributed by atoms with van der Waals surface area (Å²) in [7, 11) is 1.95. The maximum absolute atomic E-state index is 12.5. The Morgan fingerprint density at radius 2 is 1.88 bits per heavy atom. The monoisotopic (exact) mass is 370 g/mol. The molecule has 7 nitrogen and oxygen atoms in total. The van der Waals surface area contributed by atoms with Crippen LogP contribution in [0.15, 0.2) is 24.3 Å². The number of likely N-dealkylation sites (tertiary alicyclic amines) is 1. The fourth-order valence-corrected chi connectivity index (χ4v) is 4.28. The van der Waals surface area contributed by atoms with Gasteiger partial charge in [0.1, 0.15) is 5.75 Å². The molecular weight excluding hydrogens is 342 g/mol. The number of amides is 1. The maximum atomic E-state index is 12.5. The van der Waals surface area contributed by atoms with E-state index >= 15 is 0 Å². The molecule has 25 heavy (non-hydrogen) atoms. The second-order valence-corrected chi connectivity index (χ2v) is 8.65. The van der Waals surface area contributed by atoms with Gasteiger partial charge in [-0.05, 0) is 24.3 Å². The first-order valence-corrected chi connectivity index (χ1v) is 10.1. The molecule has 1 aliphatic rings. The first-order chi connectivity index (χ1) is 11.8. The highest BCUT2D eigenvalue weighted by atomic mass is 32.2. The number of hydrogen-bond donors (Lipinski definition) is 2. The normalized spacial score (nSPS) is 21.1. The van der Waals surface area contributed by atoms with Gasteiger partial charge in [-0.25, -0.2) is 12.7 Å². The van der Waals surface area contributed by atoms with Crippen LogP contribution in [-0.4, -0.2) is 71.3 Å². The van der Waals surface area contributed by atoms with E-state index in [0.717, 1.165) is 25.9 Å². The van der Waals surface area contributed by atoms with Crippen molar-refractivity contribution in [1.29, 1.82) is 0 Å². The lowest BCUT2D eigenvalue weighted by atomic mass is 10.1. The fraction of sp³-hybridized carbons (Fsp3) is 0.588. The van der Waals surface area contributed by atoms with Gasteiger partial charge >= 0.3 is 0 Å². The summed E-state index contributed by atoms with van der Waals surface area (Å²) in [4.78, 5) is 13.5. The second kappa shape index (κ2) is 8.64. The van der Waals surface area contributed by atoms with Crippen LogP contribution in [0.5, 0.6) is 5.75 Å². The van der Waals surface area contributed by atoms with E-state index in [-0.39, 0.29) is 24.2 Å². The smallest absolute Gasteiger partial charge is 0.251 e. The van der Waals surface area contributed by atoms with Gasteiger partial charge in [-0.1, -0.05) is 0 Å². The molecule has 1 fully saturated rings. The predicted molar refractivity (Wildman–Crippen MR) is 96.5 cm³/mol. The van der Waals surface area contributed by atoms with E-state index in [1.54, 1.807) is 38.4 Å². The first kappa shape index (κ1) is 19.7. The Morgan fingerprint density at radius 1 is 1.28 bits per heavy atom. The predicted octanol–water partition coefficient (Wildman–Crippen LogP) is -0.636. The second-order valence-electron chi connectivity index (χ2n) is 6.50. The Morgan fingerprint density at radius 3 is 2.44 bits per heavy atom. The van der Waals surface area contributed by atoms with E-state index in [0.29, 0.717) is 11.3 Å². The number of hydrogen-bond acceptors (Lipinski definition) is 4. The number of nitrogens with one attached hydrogen (secondary N) is 2. The molecule has 1 aliphatic heterocycles. The van der Waals surface area contributed by atoms with Gasteiger partial charge in [0.25, 0.3) is 5.91 Å². The van der Waals surface area contributed by atoms with Crippen LogP contribution < -0.4 is 15.0 Å². The molecule has 0 unspecified atom stereocenters. The summed E-state index contributed by atoms with van der Waals surface area (Å²) >= 11 is 0. The highest BCUT2D eigenvalue weighted by Gasteiger charge is 2.30. The minimum absolute atomic E-state index is 0.0611. The quantitative estimate of drug-likeness (QED) is 0.669.